The van der Waals surface area contributed by atoms with Gasteiger partial charge in [-0.1, -0.05) is 0 Å². The van der Waals surface area contributed by atoms with Gasteiger partial charge < -0.3 is 5.32 Å². The van der Waals surface area contributed by atoms with E-state index in [0.29, 0.717) is 11.1 Å². The molecule has 23 heavy (non-hydrogen) atoms. The number of amides is 1. The third-order valence-electron chi connectivity index (χ3n) is 3.62. The summed E-state index contributed by atoms with van der Waals surface area (Å²) in [5.41, 5.74) is 3.55. The van der Waals surface area contributed by atoms with Gasteiger partial charge in [0, 0.05) is 25.7 Å². The Morgan fingerprint density at radius 1 is 1.17 bits per heavy atom. The number of aromatic nitrogens is 2. The predicted octanol–water partition coefficient (Wildman–Crippen LogP) is 0.868. The first kappa shape index (κ1) is 17.3. The van der Waals surface area contributed by atoms with Crippen LogP contribution in [0, 0.1) is 13.8 Å². The van der Waals surface area contributed by atoms with E-state index >= 15 is 0 Å². The summed E-state index contributed by atoms with van der Waals surface area (Å²) in [5, 5.41) is 2.70. The molecule has 0 saturated heterocycles. The van der Waals surface area contributed by atoms with Gasteiger partial charge in [0.1, 0.15) is 0 Å². The first-order valence-electron chi connectivity index (χ1n) is 7.13. The van der Waals surface area contributed by atoms with Crippen molar-refractivity contribution in [1.82, 2.24) is 19.6 Å². The standard InChI is InChI=1S/C15H20N4O3S/c1-10-11(2)18-14-9-12(5-6-13(14)17-10)15(20)16-7-8-19(3)23(4,21)22/h5-6,9H,7-8H2,1-4H3,(H,16,20). The molecule has 0 fully saturated rings. The highest BCUT2D eigenvalue weighted by molar-refractivity contribution is 7.88. The van der Waals surface area contributed by atoms with Gasteiger partial charge in [0.05, 0.1) is 28.7 Å². The Balaban J connectivity index is 2.08. The summed E-state index contributed by atoms with van der Waals surface area (Å²) in [5.74, 6) is -0.270. The average molecular weight is 336 g/mol. The molecule has 1 aromatic carbocycles. The third-order valence-corrected chi connectivity index (χ3v) is 4.93. The highest BCUT2D eigenvalue weighted by Crippen LogP contribution is 2.14. The van der Waals surface area contributed by atoms with Gasteiger partial charge in [-0.25, -0.2) is 22.7 Å². The highest BCUT2D eigenvalue weighted by Gasteiger charge is 2.12. The summed E-state index contributed by atoms with van der Waals surface area (Å²) in [6.07, 6.45) is 1.13. The molecular formula is C15H20N4O3S. The van der Waals surface area contributed by atoms with Crippen LogP contribution in [0.3, 0.4) is 0 Å². The maximum Gasteiger partial charge on any atom is 0.251 e. The molecule has 1 amide bonds. The summed E-state index contributed by atoms with van der Waals surface area (Å²) in [4.78, 5) is 21.0. The Labute approximate surface area is 135 Å². The van der Waals surface area contributed by atoms with Crippen molar-refractivity contribution in [3.05, 3.63) is 35.2 Å². The van der Waals surface area contributed by atoms with E-state index < -0.39 is 10.0 Å². The molecule has 2 aromatic rings. The van der Waals surface area contributed by atoms with Crippen molar-refractivity contribution in [1.29, 1.82) is 0 Å². The number of hydrogen-bond acceptors (Lipinski definition) is 5. The first-order valence-corrected chi connectivity index (χ1v) is 8.98. The number of fused-ring (bicyclic) bond motifs is 1. The van der Waals surface area contributed by atoms with Gasteiger partial charge in [-0.15, -0.1) is 0 Å². The van der Waals surface area contributed by atoms with Crippen LogP contribution in [0.1, 0.15) is 21.7 Å². The van der Waals surface area contributed by atoms with Crippen LogP contribution in [0.2, 0.25) is 0 Å². The molecule has 1 heterocycles. The fourth-order valence-electron chi connectivity index (χ4n) is 1.97. The number of sulfonamides is 1. The van der Waals surface area contributed by atoms with Crippen LogP contribution in [0.4, 0.5) is 0 Å². The molecule has 2 rings (SSSR count). The second kappa shape index (κ2) is 6.59. The number of carbonyl (C=O) groups is 1. The van der Waals surface area contributed by atoms with Crippen LogP contribution < -0.4 is 5.32 Å². The number of rotatable bonds is 5. The molecule has 1 aromatic heterocycles. The zero-order valence-electron chi connectivity index (χ0n) is 13.6. The number of hydrogen-bond donors (Lipinski definition) is 1. The molecule has 1 N–H and O–H groups in total. The lowest BCUT2D eigenvalue weighted by Crippen LogP contribution is -2.35. The normalized spacial score (nSPS) is 11.9. The lowest BCUT2D eigenvalue weighted by atomic mass is 10.1. The Morgan fingerprint density at radius 2 is 1.78 bits per heavy atom. The monoisotopic (exact) mass is 336 g/mol. The van der Waals surface area contributed by atoms with Crippen LogP contribution in [0.15, 0.2) is 18.2 Å². The molecule has 0 radical (unpaired) electrons. The minimum Gasteiger partial charge on any atom is -0.351 e. The summed E-state index contributed by atoms with van der Waals surface area (Å²) in [7, 11) is -1.77. The van der Waals surface area contributed by atoms with E-state index in [0.717, 1.165) is 23.2 Å². The van der Waals surface area contributed by atoms with Gasteiger partial charge in [0.2, 0.25) is 10.0 Å². The fourth-order valence-corrected chi connectivity index (χ4v) is 2.39. The molecule has 0 saturated carbocycles. The smallest absolute Gasteiger partial charge is 0.251 e. The SMILES string of the molecule is Cc1nc2ccc(C(=O)NCCN(C)S(C)(=O)=O)cc2nc1C. The van der Waals surface area contributed by atoms with E-state index in [1.807, 2.05) is 13.8 Å². The summed E-state index contributed by atoms with van der Waals surface area (Å²) >= 11 is 0. The first-order chi connectivity index (χ1) is 10.7. The lowest BCUT2D eigenvalue weighted by Gasteiger charge is -2.14. The van der Waals surface area contributed by atoms with Gasteiger partial charge in [0.15, 0.2) is 0 Å². The third kappa shape index (κ3) is 4.23. The van der Waals surface area contributed by atoms with E-state index in [2.05, 4.69) is 15.3 Å². The zero-order valence-corrected chi connectivity index (χ0v) is 14.4. The average Bonchev–Trinajstić information content (AvgIpc) is 2.46. The molecular weight excluding hydrogens is 316 g/mol. The van der Waals surface area contributed by atoms with Crippen LogP contribution in [-0.2, 0) is 10.0 Å². The Hall–Kier alpha value is -2.06. The fraction of sp³-hybridized carbons (Fsp3) is 0.400. The Bertz CT molecular complexity index is 849. The van der Waals surface area contributed by atoms with Crippen molar-refractivity contribution in [2.45, 2.75) is 13.8 Å². The predicted molar refractivity (Wildman–Crippen MR) is 88.8 cm³/mol. The quantitative estimate of drug-likeness (QED) is 0.874. The number of likely N-dealkylation sites (N-methyl/N-ethyl adjacent to an activating group) is 1. The van der Waals surface area contributed by atoms with Gasteiger partial charge in [0.25, 0.3) is 5.91 Å². The molecule has 7 nitrogen and oxygen atoms in total. The minimum atomic E-state index is -3.24. The van der Waals surface area contributed by atoms with Crippen LogP contribution in [0.25, 0.3) is 11.0 Å². The number of carbonyl (C=O) groups excluding carboxylic acids is 1. The van der Waals surface area contributed by atoms with Gasteiger partial charge in [-0.05, 0) is 32.0 Å². The van der Waals surface area contributed by atoms with Gasteiger partial charge in [-0.3, -0.25) is 4.79 Å². The largest absolute Gasteiger partial charge is 0.351 e. The van der Waals surface area contributed by atoms with Crippen molar-refractivity contribution in [2.24, 2.45) is 0 Å². The summed E-state index contributed by atoms with van der Waals surface area (Å²) < 4.78 is 23.7. The van der Waals surface area contributed by atoms with Crippen molar-refractivity contribution in [3.63, 3.8) is 0 Å². The molecule has 0 spiro atoms. The van der Waals surface area contributed by atoms with Crippen LogP contribution in [0.5, 0.6) is 0 Å². The van der Waals surface area contributed by atoms with Crippen molar-refractivity contribution in [2.75, 3.05) is 26.4 Å². The maximum absolute atomic E-state index is 12.1. The van der Waals surface area contributed by atoms with Crippen molar-refractivity contribution in [3.8, 4) is 0 Å². The molecule has 0 bridgehead atoms. The summed E-state index contributed by atoms with van der Waals surface area (Å²) in [6.45, 7) is 4.21. The molecule has 0 aliphatic heterocycles. The molecule has 0 aliphatic carbocycles. The number of nitrogens with zero attached hydrogens (tertiary/aromatic N) is 3. The zero-order chi connectivity index (χ0) is 17.2. The topological polar surface area (TPSA) is 92.3 Å². The van der Waals surface area contributed by atoms with Crippen molar-refractivity contribution >= 4 is 27.0 Å². The lowest BCUT2D eigenvalue weighted by molar-refractivity contribution is 0.0952. The molecule has 0 atom stereocenters. The molecule has 124 valence electrons. The van der Waals surface area contributed by atoms with Crippen molar-refractivity contribution < 1.29 is 13.2 Å². The number of aryl methyl sites for hydroxylation is 2. The highest BCUT2D eigenvalue weighted by atomic mass is 32.2. The van der Waals surface area contributed by atoms with Crippen LogP contribution >= 0.6 is 0 Å². The Morgan fingerprint density at radius 3 is 2.39 bits per heavy atom. The number of benzene rings is 1. The van der Waals surface area contributed by atoms with E-state index in [4.69, 9.17) is 0 Å². The van der Waals surface area contributed by atoms with E-state index in [9.17, 15) is 13.2 Å². The second-order valence-corrected chi connectivity index (χ2v) is 7.53. The maximum atomic E-state index is 12.1. The van der Waals surface area contributed by atoms with E-state index in [-0.39, 0.29) is 19.0 Å². The molecule has 0 aliphatic rings. The van der Waals surface area contributed by atoms with Gasteiger partial charge in [-0.2, -0.15) is 0 Å². The van der Waals surface area contributed by atoms with E-state index in [1.165, 1.54) is 11.4 Å². The van der Waals surface area contributed by atoms with Gasteiger partial charge >= 0.3 is 0 Å². The summed E-state index contributed by atoms with van der Waals surface area (Å²) in [6, 6.07) is 5.12. The second-order valence-electron chi connectivity index (χ2n) is 5.44. The number of nitrogens with one attached hydrogen (secondary N) is 1. The minimum absolute atomic E-state index is 0.219. The molecule has 8 heteroatoms. The Kier molecular flexibility index (Phi) is 4.96. The van der Waals surface area contributed by atoms with E-state index in [1.54, 1.807) is 18.2 Å². The van der Waals surface area contributed by atoms with Crippen LogP contribution in [-0.4, -0.2) is 55.0 Å². The molecule has 0 unspecified atom stereocenters.